The van der Waals surface area contributed by atoms with E-state index in [0.717, 1.165) is 32.3 Å². The van der Waals surface area contributed by atoms with Gasteiger partial charge in [-0.25, -0.2) is 4.99 Å². The molecule has 2 rings (SSSR count). The van der Waals surface area contributed by atoms with Gasteiger partial charge in [-0.2, -0.15) is 0 Å². The summed E-state index contributed by atoms with van der Waals surface area (Å²) < 4.78 is 16.6. The maximum Gasteiger partial charge on any atom is 0.220 e. The van der Waals surface area contributed by atoms with Crippen molar-refractivity contribution < 1.29 is 34.0 Å². The third-order valence-corrected chi connectivity index (χ3v) is 6.72. The molecule has 232 valence electrons. The Morgan fingerprint density at radius 3 is 2.54 bits per heavy atom. The first-order valence-corrected chi connectivity index (χ1v) is 14.8. The molecule has 2 heterocycles. The number of unbranched alkanes of at least 4 members (excludes halogenated alkanes) is 3. The Labute approximate surface area is 247 Å². The van der Waals surface area contributed by atoms with Crippen LogP contribution in [0.2, 0.25) is 0 Å². The second-order valence-corrected chi connectivity index (χ2v) is 10.1. The van der Waals surface area contributed by atoms with Crippen molar-refractivity contribution in [2.24, 2.45) is 10.7 Å². The highest BCUT2D eigenvalue weighted by atomic mass is 35.5. The lowest BCUT2D eigenvalue weighted by Gasteiger charge is -2.30. The van der Waals surface area contributed by atoms with Gasteiger partial charge in [-0.1, -0.05) is 31.6 Å². The van der Waals surface area contributed by atoms with Gasteiger partial charge in [0.05, 0.1) is 32.5 Å². The summed E-state index contributed by atoms with van der Waals surface area (Å²) >= 11 is 5.64. The number of amidine groups is 1. The zero-order valence-electron chi connectivity index (χ0n) is 23.8. The molecule has 6 N–H and O–H groups in total. The number of ether oxygens (including phenoxy) is 3. The Hall–Kier alpha value is -2.48. The number of carbonyl (C=O) groups excluding carboxylic acids is 2. The summed E-state index contributed by atoms with van der Waals surface area (Å²) in [7, 11) is 0. The number of nitrogens with zero attached hydrogens (tertiary/aromatic N) is 2. The third-order valence-electron chi connectivity index (χ3n) is 6.45. The van der Waals surface area contributed by atoms with Crippen molar-refractivity contribution in [3.05, 3.63) is 36.3 Å². The van der Waals surface area contributed by atoms with E-state index in [4.69, 9.17) is 31.5 Å². The molecule has 0 bridgehead atoms. The fourth-order valence-corrected chi connectivity index (χ4v) is 4.35. The minimum atomic E-state index is -0.786. The second kappa shape index (κ2) is 20.4. The molecule has 3 atom stereocenters. The predicted molar refractivity (Wildman–Crippen MR) is 157 cm³/mol. The summed E-state index contributed by atoms with van der Waals surface area (Å²) in [6.07, 6.45) is 8.73. The smallest absolute Gasteiger partial charge is 0.220 e. The molecule has 0 radical (unpaired) electrons. The lowest BCUT2D eigenvalue weighted by atomic mass is 10.1. The van der Waals surface area contributed by atoms with E-state index in [2.05, 4.69) is 22.2 Å². The number of amides is 2. The largest absolute Gasteiger partial charge is 0.394 e. The molecule has 2 aliphatic rings. The van der Waals surface area contributed by atoms with Crippen molar-refractivity contribution in [1.82, 2.24) is 15.5 Å². The lowest BCUT2D eigenvalue weighted by molar-refractivity contribution is -0.122. The highest BCUT2D eigenvalue weighted by Gasteiger charge is 2.37. The quantitative estimate of drug-likeness (QED) is 0.0963. The number of aliphatic hydroxyl groups is 2. The van der Waals surface area contributed by atoms with E-state index in [1.54, 1.807) is 23.3 Å². The Kier molecular flexibility index (Phi) is 17.3. The van der Waals surface area contributed by atoms with Gasteiger partial charge in [0.25, 0.3) is 0 Å². The van der Waals surface area contributed by atoms with Crippen LogP contribution in [0.15, 0.2) is 41.3 Å². The van der Waals surface area contributed by atoms with Crippen molar-refractivity contribution in [3.8, 4) is 0 Å². The summed E-state index contributed by atoms with van der Waals surface area (Å²) in [4.78, 5) is 30.0. The molecule has 0 aromatic carbocycles. The van der Waals surface area contributed by atoms with Crippen LogP contribution in [0, 0.1) is 0 Å². The summed E-state index contributed by atoms with van der Waals surface area (Å²) in [6.45, 7) is 6.43. The van der Waals surface area contributed by atoms with Gasteiger partial charge >= 0.3 is 0 Å². The van der Waals surface area contributed by atoms with E-state index < -0.39 is 18.4 Å². The summed E-state index contributed by atoms with van der Waals surface area (Å²) in [5, 5.41) is 24.9. The fourth-order valence-electron chi connectivity index (χ4n) is 4.16. The number of aliphatic imine (C=N–C) groups is 1. The molecule has 1 saturated heterocycles. The summed E-state index contributed by atoms with van der Waals surface area (Å²) in [6, 6.07) is 0. The van der Waals surface area contributed by atoms with Crippen molar-refractivity contribution in [2.45, 2.75) is 69.8 Å². The molecule has 0 aliphatic carbocycles. The molecule has 2 aliphatic heterocycles. The van der Waals surface area contributed by atoms with Gasteiger partial charge in [0, 0.05) is 56.6 Å². The first-order valence-electron chi connectivity index (χ1n) is 14.2. The number of aliphatic hydroxyl groups excluding tert-OH is 2. The Bertz CT molecular complexity index is 914. The van der Waals surface area contributed by atoms with Crippen LogP contribution in [0.4, 0.5) is 0 Å². The van der Waals surface area contributed by atoms with Crippen LogP contribution in [0.25, 0.3) is 0 Å². The number of hydrogen-bond donors (Lipinski definition) is 5. The van der Waals surface area contributed by atoms with Gasteiger partial charge in [0.2, 0.25) is 11.8 Å². The van der Waals surface area contributed by atoms with Gasteiger partial charge in [-0.3, -0.25) is 9.59 Å². The lowest BCUT2D eigenvalue weighted by Crippen LogP contribution is -2.34. The topological polar surface area (TPSA) is 168 Å². The maximum absolute atomic E-state index is 12.1. The zero-order valence-corrected chi connectivity index (χ0v) is 24.5. The number of halogens is 1. The number of alkyl halides is 1. The first kappa shape index (κ1) is 34.7. The van der Waals surface area contributed by atoms with Gasteiger partial charge in [0.1, 0.15) is 24.0 Å². The molecule has 13 heteroatoms. The highest BCUT2D eigenvalue weighted by molar-refractivity contribution is 6.17. The van der Waals surface area contributed by atoms with Crippen molar-refractivity contribution >= 4 is 29.3 Å². The molecule has 0 saturated carbocycles. The van der Waals surface area contributed by atoms with Crippen LogP contribution < -0.4 is 16.4 Å². The minimum Gasteiger partial charge on any atom is -0.394 e. The molecule has 2 amide bonds. The summed E-state index contributed by atoms with van der Waals surface area (Å²) in [5.74, 6) is 1.06. The van der Waals surface area contributed by atoms with Crippen LogP contribution in [-0.4, -0.2) is 103 Å². The van der Waals surface area contributed by atoms with Crippen LogP contribution in [-0.2, 0) is 23.8 Å². The average molecular weight is 600 g/mol. The van der Waals surface area contributed by atoms with E-state index in [9.17, 15) is 19.8 Å². The predicted octanol–water partition coefficient (Wildman–Crippen LogP) is 1.27. The van der Waals surface area contributed by atoms with Crippen molar-refractivity contribution in [3.63, 3.8) is 0 Å². The van der Waals surface area contributed by atoms with Gasteiger partial charge in [-0.15, -0.1) is 11.6 Å². The normalized spacial score (nSPS) is 20.8. The molecule has 1 fully saturated rings. The minimum absolute atomic E-state index is 0.122. The monoisotopic (exact) mass is 599 g/mol. The molecule has 0 spiro atoms. The molecule has 41 heavy (non-hydrogen) atoms. The number of hydrogen-bond acceptors (Lipinski definition) is 10. The maximum atomic E-state index is 12.1. The summed E-state index contributed by atoms with van der Waals surface area (Å²) in [5.41, 5.74) is 6.61. The molecule has 0 aromatic rings. The molecule has 12 nitrogen and oxygen atoms in total. The Balaban J connectivity index is 1.52. The van der Waals surface area contributed by atoms with Crippen LogP contribution in [0.3, 0.4) is 0 Å². The standard InChI is InChI=1S/C28H46ClN5O7/c1-21-33-28(30)22(19-34(21)27-18-23(36)24(20-35)41-27)8-7-12-31-25(37)9-6-10-26(38)32-13-15-40-17-16-39-14-5-3-2-4-11-29/h7-8,19,23-24,27,35-36H,1-6,9-18,20H2,(H2,30,33)(H,31,37)(H,32,38)/t23?,24-,27-/m1/s1. The second-order valence-electron chi connectivity index (χ2n) is 9.76. The number of carbonyl (C=O) groups is 2. The van der Waals surface area contributed by atoms with Gasteiger partial charge in [-0.05, 0) is 19.3 Å². The first-order chi connectivity index (χ1) is 19.8. The zero-order chi connectivity index (χ0) is 29.9. The van der Waals surface area contributed by atoms with Crippen LogP contribution >= 0.6 is 11.6 Å². The number of rotatable bonds is 21. The average Bonchev–Trinajstić information content (AvgIpc) is 3.32. The van der Waals surface area contributed by atoms with Crippen molar-refractivity contribution in [2.75, 3.05) is 52.0 Å². The van der Waals surface area contributed by atoms with E-state index in [0.29, 0.717) is 56.5 Å². The van der Waals surface area contributed by atoms with Crippen LogP contribution in [0.5, 0.6) is 0 Å². The van der Waals surface area contributed by atoms with Gasteiger partial charge < -0.3 is 45.7 Å². The molecular weight excluding hydrogens is 554 g/mol. The molecule has 1 unspecified atom stereocenters. The van der Waals surface area contributed by atoms with Crippen molar-refractivity contribution in [1.29, 1.82) is 0 Å². The highest BCUT2D eigenvalue weighted by Crippen LogP contribution is 2.28. The van der Waals surface area contributed by atoms with Crippen LogP contribution in [0.1, 0.15) is 51.4 Å². The number of nitrogens with two attached hydrogens (primary N) is 1. The molecular formula is C28H46ClN5O7. The number of nitrogens with one attached hydrogen (secondary N) is 2. The van der Waals surface area contributed by atoms with E-state index in [1.165, 1.54) is 0 Å². The fraction of sp³-hybridized carbons (Fsp3) is 0.679. The SMILES string of the molecule is C=C1N=C(N)C(C=CCNC(=O)CCCC(=O)NCCOCCOCCCCCCCl)=CN1[C@H]1CC(O)[C@@H](CO)O1. The third kappa shape index (κ3) is 13.8. The van der Waals surface area contributed by atoms with E-state index in [-0.39, 0.29) is 43.6 Å². The Morgan fingerprint density at radius 1 is 1.12 bits per heavy atom. The van der Waals surface area contributed by atoms with E-state index >= 15 is 0 Å². The van der Waals surface area contributed by atoms with Gasteiger partial charge in [0.15, 0.2) is 0 Å². The van der Waals surface area contributed by atoms with E-state index in [1.807, 2.05) is 0 Å². The Morgan fingerprint density at radius 2 is 1.83 bits per heavy atom. The molecule has 0 aromatic heterocycles.